The lowest BCUT2D eigenvalue weighted by Crippen LogP contribution is -2.21. The van der Waals surface area contributed by atoms with E-state index in [0.717, 1.165) is 30.5 Å². The smallest absolute Gasteiger partial charge is 0.317 e. The fourth-order valence-corrected chi connectivity index (χ4v) is 4.01. The number of carbonyl (C=O) groups excluding carboxylic acids is 1. The molecule has 2 heterocycles. The van der Waals surface area contributed by atoms with Crippen molar-refractivity contribution in [2.45, 2.75) is 32.3 Å². The number of hydrogen-bond acceptors (Lipinski definition) is 6. The molecule has 4 N–H and O–H groups in total. The van der Waals surface area contributed by atoms with Crippen LogP contribution >= 0.6 is 0 Å². The first-order chi connectivity index (χ1) is 17.0. The summed E-state index contributed by atoms with van der Waals surface area (Å²) in [5.74, 6) is 0.500. The van der Waals surface area contributed by atoms with Crippen LogP contribution in [0, 0.1) is 6.92 Å². The Morgan fingerprint density at radius 2 is 1.74 bits per heavy atom. The first-order valence-corrected chi connectivity index (χ1v) is 11.3. The minimum atomic E-state index is -0.660. The molecule has 0 aliphatic heterocycles. The predicted molar refractivity (Wildman–Crippen MR) is 134 cm³/mol. The van der Waals surface area contributed by atoms with E-state index in [1.807, 2.05) is 43.3 Å². The predicted octanol–water partition coefficient (Wildman–Crippen LogP) is 3.67. The van der Waals surface area contributed by atoms with Crippen molar-refractivity contribution in [2.75, 3.05) is 12.4 Å². The number of aromatic nitrogens is 4. The third-order valence-corrected chi connectivity index (χ3v) is 5.77. The number of anilines is 1. The average Bonchev–Trinajstić information content (AvgIpc) is 3.20. The van der Waals surface area contributed by atoms with E-state index in [0.29, 0.717) is 17.1 Å². The Labute approximate surface area is 203 Å². The molecule has 1 unspecified atom stereocenters. The molecule has 2 amide bonds. The van der Waals surface area contributed by atoms with E-state index in [2.05, 4.69) is 38.6 Å². The van der Waals surface area contributed by atoms with Crippen LogP contribution in [0.2, 0.25) is 0 Å². The summed E-state index contributed by atoms with van der Waals surface area (Å²) in [6.07, 6.45) is 5.93. The number of nitrogens with zero attached hydrogens (tertiary/aromatic N) is 4. The van der Waals surface area contributed by atoms with Gasteiger partial charge in [0.25, 0.3) is 0 Å². The zero-order chi connectivity index (χ0) is 24.8. The van der Waals surface area contributed by atoms with Gasteiger partial charge in [0.15, 0.2) is 0 Å². The van der Waals surface area contributed by atoms with Gasteiger partial charge in [-0.1, -0.05) is 42.5 Å². The van der Waals surface area contributed by atoms with E-state index in [1.165, 1.54) is 18.2 Å². The molecule has 35 heavy (non-hydrogen) atoms. The van der Waals surface area contributed by atoms with Crippen molar-refractivity contribution in [1.82, 2.24) is 19.7 Å². The Bertz CT molecular complexity index is 1290. The van der Waals surface area contributed by atoms with Gasteiger partial charge in [0.1, 0.15) is 11.5 Å². The standard InChI is InChI=1S/C16H16N6O2.C10H12O/c1-10-13(11-8-18-16(24-2)19-9-11)21-22(14(10)20-15(17)23)12-6-4-3-5-7-12;11-10-6-5-8-3-1-2-4-9(8)7-10/h3-9H,1-2H3,(H3,17,20,23);1-4,10-11H,5-7H2. The van der Waals surface area contributed by atoms with Gasteiger partial charge < -0.3 is 15.6 Å². The van der Waals surface area contributed by atoms with Crippen LogP contribution in [-0.2, 0) is 12.8 Å². The van der Waals surface area contributed by atoms with Crippen molar-refractivity contribution >= 4 is 11.8 Å². The average molecular weight is 473 g/mol. The monoisotopic (exact) mass is 472 g/mol. The SMILES string of the molecule is COc1ncc(-c2nn(-c3ccccc3)c(NC(N)=O)c2C)cn1.OC1CCc2ccccc2C1. The summed E-state index contributed by atoms with van der Waals surface area (Å²) in [4.78, 5) is 19.5. The molecule has 9 heteroatoms. The highest BCUT2D eigenvalue weighted by Gasteiger charge is 2.19. The third-order valence-electron chi connectivity index (χ3n) is 5.77. The molecule has 4 aromatic rings. The van der Waals surface area contributed by atoms with E-state index < -0.39 is 6.03 Å². The molecular formula is C26H28N6O3. The van der Waals surface area contributed by atoms with E-state index in [1.54, 1.807) is 17.1 Å². The lowest BCUT2D eigenvalue weighted by Gasteiger charge is -2.19. The number of hydrogen-bond donors (Lipinski definition) is 3. The number of rotatable bonds is 4. The van der Waals surface area contributed by atoms with Crippen molar-refractivity contribution < 1.29 is 14.6 Å². The first-order valence-electron chi connectivity index (χ1n) is 11.3. The molecule has 0 spiro atoms. The van der Waals surface area contributed by atoms with Crippen LogP contribution in [0.1, 0.15) is 23.1 Å². The number of amides is 2. The minimum absolute atomic E-state index is 0.107. The molecule has 0 bridgehead atoms. The van der Waals surface area contributed by atoms with Crippen LogP contribution < -0.4 is 15.8 Å². The number of carbonyl (C=O) groups is 1. The maximum absolute atomic E-state index is 11.4. The number of primary amides is 1. The van der Waals surface area contributed by atoms with Crippen LogP contribution in [0.3, 0.4) is 0 Å². The minimum Gasteiger partial charge on any atom is -0.467 e. The molecule has 2 aromatic carbocycles. The number of aryl methyl sites for hydroxylation is 1. The van der Waals surface area contributed by atoms with Gasteiger partial charge in [0, 0.05) is 23.5 Å². The second kappa shape index (κ2) is 10.8. The van der Waals surface area contributed by atoms with Gasteiger partial charge in [0.05, 0.1) is 18.9 Å². The number of para-hydroxylation sites is 1. The van der Waals surface area contributed by atoms with Crippen molar-refractivity contribution in [3.63, 3.8) is 0 Å². The number of fused-ring (bicyclic) bond motifs is 1. The molecular weight excluding hydrogens is 444 g/mol. The van der Waals surface area contributed by atoms with Gasteiger partial charge in [-0.15, -0.1) is 0 Å². The number of aliphatic hydroxyl groups is 1. The zero-order valence-electron chi connectivity index (χ0n) is 19.7. The maximum atomic E-state index is 11.4. The van der Waals surface area contributed by atoms with Crippen LogP contribution in [0.4, 0.5) is 10.6 Å². The van der Waals surface area contributed by atoms with Crippen molar-refractivity contribution in [2.24, 2.45) is 5.73 Å². The molecule has 5 rings (SSSR count). The van der Waals surface area contributed by atoms with E-state index in [4.69, 9.17) is 10.5 Å². The van der Waals surface area contributed by atoms with Crippen LogP contribution in [-0.4, -0.2) is 44.1 Å². The van der Waals surface area contributed by atoms with Gasteiger partial charge in [-0.25, -0.2) is 19.4 Å². The van der Waals surface area contributed by atoms with E-state index in [9.17, 15) is 9.90 Å². The lowest BCUT2D eigenvalue weighted by atomic mass is 9.90. The molecule has 180 valence electrons. The number of ether oxygens (including phenoxy) is 1. The Morgan fingerprint density at radius 3 is 2.40 bits per heavy atom. The van der Waals surface area contributed by atoms with Crippen LogP contribution in [0.25, 0.3) is 16.9 Å². The normalized spacial score (nSPS) is 14.3. The molecule has 0 saturated carbocycles. The summed E-state index contributed by atoms with van der Waals surface area (Å²) in [6, 6.07) is 17.4. The quantitative estimate of drug-likeness (QED) is 0.416. The number of urea groups is 1. The van der Waals surface area contributed by atoms with E-state index >= 15 is 0 Å². The first kappa shape index (κ1) is 23.9. The highest BCUT2D eigenvalue weighted by atomic mass is 16.5. The lowest BCUT2D eigenvalue weighted by molar-refractivity contribution is 0.158. The zero-order valence-corrected chi connectivity index (χ0v) is 19.7. The Kier molecular flexibility index (Phi) is 7.37. The van der Waals surface area contributed by atoms with Crippen molar-refractivity contribution in [3.05, 3.63) is 83.7 Å². The number of nitrogens with one attached hydrogen (secondary N) is 1. The van der Waals surface area contributed by atoms with Crippen LogP contribution in [0.15, 0.2) is 67.0 Å². The topological polar surface area (TPSA) is 128 Å². The molecule has 0 fully saturated rings. The molecule has 1 aliphatic rings. The third kappa shape index (κ3) is 5.64. The summed E-state index contributed by atoms with van der Waals surface area (Å²) in [5, 5.41) is 16.6. The molecule has 9 nitrogen and oxygen atoms in total. The van der Waals surface area contributed by atoms with Gasteiger partial charge >= 0.3 is 12.0 Å². The van der Waals surface area contributed by atoms with Crippen LogP contribution in [0.5, 0.6) is 6.01 Å². The Balaban J connectivity index is 0.000000218. The fraction of sp³-hybridized carbons (Fsp3) is 0.231. The Morgan fingerprint density at radius 1 is 1.09 bits per heavy atom. The number of methoxy groups -OCH3 is 1. The summed E-state index contributed by atoms with van der Waals surface area (Å²) >= 11 is 0. The fourth-order valence-electron chi connectivity index (χ4n) is 4.01. The number of benzene rings is 2. The molecule has 1 aliphatic carbocycles. The van der Waals surface area contributed by atoms with Gasteiger partial charge in [0.2, 0.25) is 0 Å². The highest BCUT2D eigenvalue weighted by molar-refractivity contribution is 5.89. The van der Waals surface area contributed by atoms with Gasteiger partial charge in [-0.05, 0) is 49.4 Å². The molecule has 0 radical (unpaired) electrons. The summed E-state index contributed by atoms with van der Waals surface area (Å²) in [7, 11) is 1.50. The number of aliphatic hydroxyl groups excluding tert-OH is 1. The largest absolute Gasteiger partial charge is 0.467 e. The van der Waals surface area contributed by atoms with E-state index in [-0.39, 0.29) is 12.1 Å². The van der Waals surface area contributed by atoms with Gasteiger partial charge in [-0.2, -0.15) is 5.10 Å². The summed E-state index contributed by atoms with van der Waals surface area (Å²) in [5.41, 5.74) is 10.9. The molecule has 0 saturated heterocycles. The van der Waals surface area contributed by atoms with Gasteiger partial charge in [-0.3, -0.25) is 5.32 Å². The molecule has 2 aromatic heterocycles. The number of nitrogens with two attached hydrogens (primary N) is 1. The molecule has 1 atom stereocenters. The Hall–Kier alpha value is -4.24. The summed E-state index contributed by atoms with van der Waals surface area (Å²) < 4.78 is 6.59. The second-order valence-electron chi connectivity index (χ2n) is 8.18. The summed E-state index contributed by atoms with van der Waals surface area (Å²) in [6.45, 7) is 1.84. The second-order valence-corrected chi connectivity index (χ2v) is 8.18. The highest BCUT2D eigenvalue weighted by Crippen LogP contribution is 2.30. The van der Waals surface area contributed by atoms with Crippen molar-refractivity contribution in [3.8, 4) is 23.0 Å². The maximum Gasteiger partial charge on any atom is 0.317 e. The van der Waals surface area contributed by atoms with Crippen molar-refractivity contribution in [1.29, 1.82) is 0 Å².